The Kier molecular flexibility index (Phi) is 4.65. The van der Waals surface area contributed by atoms with Crippen molar-refractivity contribution in [3.63, 3.8) is 0 Å². The van der Waals surface area contributed by atoms with Crippen molar-refractivity contribution in [1.29, 1.82) is 0 Å². The number of nitrogens with zero attached hydrogens (tertiary/aromatic N) is 3. The fraction of sp³-hybridized carbons (Fsp3) is 0.0556. The van der Waals surface area contributed by atoms with E-state index in [1.807, 2.05) is 18.2 Å². The molecule has 1 aromatic heterocycles. The van der Waals surface area contributed by atoms with Crippen LogP contribution in [0.25, 0.3) is 0 Å². The average molecular weight is 340 g/mol. The summed E-state index contributed by atoms with van der Waals surface area (Å²) in [6, 6.07) is 13.7. The highest BCUT2D eigenvalue weighted by Gasteiger charge is 2.16. The fourth-order valence-electron chi connectivity index (χ4n) is 2.19. The summed E-state index contributed by atoms with van der Waals surface area (Å²) >= 11 is 0. The Hall–Kier alpha value is -3.35. The van der Waals surface area contributed by atoms with Crippen molar-refractivity contribution < 1.29 is 13.6 Å². The number of rotatable bonds is 4. The first kappa shape index (κ1) is 16.5. The van der Waals surface area contributed by atoms with E-state index < -0.39 is 11.6 Å². The van der Waals surface area contributed by atoms with Crippen LogP contribution in [0, 0.1) is 11.6 Å². The Morgan fingerprint density at radius 3 is 2.56 bits per heavy atom. The van der Waals surface area contributed by atoms with Crippen LogP contribution in [-0.4, -0.2) is 22.9 Å². The zero-order valence-corrected chi connectivity index (χ0v) is 13.3. The van der Waals surface area contributed by atoms with Crippen molar-refractivity contribution in [1.82, 2.24) is 9.97 Å². The second-order valence-corrected chi connectivity index (χ2v) is 5.21. The number of nitrogens with one attached hydrogen (secondary N) is 1. The molecule has 0 bridgehead atoms. The van der Waals surface area contributed by atoms with E-state index in [9.17, 15) is 13.6 Å². The topological polar surface area (TPSA) is 58.1 Å². The third kappa shape index (κ3) is 3.77. The maximum atomic E-state index is 13.7. The summed E-state index contributed by atoms with van der Waals surface area (Å²) in [5.74, 6) is -1.76. The number of para-hydroxylation sites is 1. The van der Waals surface area contributed by atoms with Gasteiger partial charge in [-0.2, -0.15) is 0 Å². The van der Waals surface area contributed by atoms with E-state index in [0.29, 0.717) is 5.69 Å². The Balaban J connectivity index is 1.82. The maximum absolute atomic E-state index is 13.7. The molecule has 1 amide bonds. The van der Waals surface area contributed by atoms with Crippen molar-refractivity contribution in [2.45, 2.75) is 0 Å². The van der Waals surface area contributed by atoms with Crippen LogP contribution in [0.3, 0.4) is 0 Å². The molecule has 126 valence electrons. The van der Waals surface area contributed by atoms with Crippen LogP contribution >= 0.6 is 0 Å². The van der Waals surface area contributed by atoms with E-state index in [2.05, 4.69) is 15.3 Å². The summed E-state index contributed by atoms with van der Waals surface area (Å²) in [5, 5.41) is 2.64. The summed E-state index contributed by atoms with van der Waals surface area (Å²) in [5.41, 5.74) is 0.874. The third-order valence-electron chi connectivity index (χ3n) is 3.50. The summed E-state index contributed by atoms with van der Waals surface area (Å²) in [4.78, 5) is 22.1. The zero-order valence-electron chi connectivity index (χ0n) is 13.3. The van der Waals surface area contributed by atoms with Gasteiger partial charge >= 0.3 is 0 Å². The fourth-order valence-corrected chi connectivity index (χ4v) is 2.19. The van der Waals surface area contributed by atoms with Crippen LogP contribution in [0.5, 0.6) is 0 Å². The SMILES string of the molecule is CN(C(=O)c1ccnc(Nc2ccc(F)cc2F)n1)c1ccccc1. The maximum Gasteiger partial charge on any atom is 0.276 e. The zero-order chi connectivity index (χ0) is 17.8. The molecule has 1 N–H and O–H groups in total. The van der Waals surface area contributed by atoms with Crippen molar-refractivity contribution in [3.05, 3.63) is 78.1 Å². The standard InChI is InChI=1S/C18H14F2N4O/c1-24(13-5-3-2-4-6-13)17(25)16-9-10-21-18(23-16)22-15-8-7-12(19)11-14(15)20/h2-11H,1H3,(H,21,22,23). The van der Waals surface area contributed by atoms with Crippen molar-refractivity contribution in [2.75, 3.05) is 17.3 Å². The van der Waals surface area contributed by atoms with Crippen LogP contribution in [0.4, 0.5) is 26.1 Å². The number of anilines is 3. The van der Waals surface area contributed by atoms with Crippen molar-refractivity contribution >= 4 is 23.2 Å². The normalized spacial score (nSPS) is 10.4. The van der Waals surface area contributed by atoms with Crippen LogP contribution in [0.15, 0.2) is 60.8 Å². The van der Waals surface area contributed by atoms with Gasteiger partial charge in [0.2, 0.25) is 5.95 Å². The van der Waals surface area contributed by atoms with Crippen molar-refractivity contribution in [2.24, 2.45) is 0 Å². The number of carbonyl (C=O) groups is 1. The Bertz CT molecular complexity index is 903. The average Bonchev–Trinajstić information content (AvgIpc) is 2.64. The van der Waals surface area contributed by atoms with E-state index in [-0.39, 0.29) is 23.2 Å². The quantitative estimate of drug-likeness (QED) is 0.785. The molecule has 0 saturated heterocycles. The minimum atomic E-state index is -0.776. The lowest BCUT2D eigenvalue weighted by atomic mass is 10.2. The monoisotopic (exact) mass is 340 g/mol. The highest BCUT2D eigenvalue weighted by Crippen LogP contribution is 2.19. The number of amides is 1. The third-order valence-corrected chi connectivity index (χ3v) is 3.50. The van der Waals surface area contributed by atoms with Gasteiger partial charge in [0.15, 0.2) is 0 Å². The molecule has 0 atom stereocenters. The van der Waals surface area contributed by atoms with Gasteiger partial charge in [0, 0.05) is 25.0 Å². The highest BCUT2D eigenvalue weighted by molar-refractivity contribution is 6.04. The van der Waals surface area contributed by atoms with E-state index in [4.69, 9.17) is 0 Å². The first-order valence-electron chi connectivity index (χ1n) is 7.43. The van der Waals surface area contributed by atoms with Gasteiger partial charge in [-0.3, -0.25) is 4.79 Å². The number of benzene rings is 2. The molecular formula is C18H14F2N4O. The molecule has 0 aliphatic heterocycles. The van der Waals surface area contributed by atoms with Gasteiger partial charge in [-0.25, -0.2) is 18.7 Å². The highest BCUT2D eigenvalue weighted by atomic mass is 19.1. The molecule has 5 nitrogen and oxygen atoms in total. The molecule has 0 aliphatic rings. The molecule has 0 saturated carbocycles. The van der Waals surface area contributed by atoms with E-state index in [1.165, 1.54) is 23.2 Å². The number of carbonyl (C=O) groups excluding carboxylic acids is 1. The van der Waals surface area contributed by atoms with Crippen LogP contribution in [0.2, 0.25) is 0 Å². The minimum absolute atomic E-state index is 0.0161. The first-order chi connectivity index (χ1) is 12.0. The summed E-state index contributed by atoms with van der Waals surface area (Å²) in [7, 11) is 1.63. The van der Waals surface area contributed by atoms with E-state index >= 15 is 0 Å². The van der Waals surface area contributed by atoms with Crippen molar-refractivity contribution in [3.8, 4) is 0 Å². The molecule has 3 rings (SSSR count). The number of halogens is 2. The lowest BCUT2D eigenvalue weighted by Crippen LogP contribution is -2.27. The van der Waals surface area contributed by atoms with E-state index in [1.54, 1.807) is 19.2 Å². The number of aromatic nitrogens is 2. The second kappa shape index (κ2) is 7.04. The summed E-state index contributed by atoms with van der Waals surface area (Å²) in [6.07, 6.45) is 1.39. The van der Waals surface area contributed by atoms with Gasteiger partial charge in [-0.15, -0.1) is 0 Å². The molecule has 0 aliphatic carbocycles. The molecule has 3 aromatic rings. The predicted octanol–water partition coefficient (Wildman–Crippen LogP) is 3.78. The van der Waals surface area contributed by atoms with Gasteiger partial charge in [-0.05, 0) is 30.3 Å². The van der Waals surface area contributed by atoms with Gasteiger partial charge in [0.1, 0.15) is 17.3 Å². The number of hydrogen-bond acceptors (Lipinski definition) is 4. The van der Waals surface area contributed by atoms with Gasteiger partial charge < -0.3 is 10.2 Å². The molecule has 2 aromatic carbocycles. The van der Waals surface area contributed by atoms with Gasteiger partial charge in [-0.1, -0.05) is 18.2 Å². The van der Waals surface area contributed by atoms with Gasteiger partial charge in [0.05, 0.1) is 5.69 Å². The van der Waals surface area contributed by atoms with E-state index in [0.717, 1.165) is 12.1 Å². The lowest BCUT2D eigenvalue weighted by molar-refractivity contribution is 0.0988. The van der Waals surface area contributed by atoms with Gasteiger partial charge in [0.25, 0.3) is 5.91 Å². The molecule has 25 heavy (non-hydrogen) atoms. The largest absolute Gasteiger partial charge is 0.322 e. The molecule has 0 radical (unpaired) electrons. The molecular weight excluding hydrogens is 326 g/mol. The Morgan fingerprint density at radius 2 is 1.84 bits per heavy atom. The van der Waals surface area contributed by atoms with Crippen LogP contribution in [0.1, 0.15) is 10.5 Å². The summed E-state index contributed by atoms with van der Waals surface area (Å²) < 4.78 is 26.7. The summed E-state index contributed by atoms with van der Waals surface area (Å²) in [6.45, 7) is 0. The Labute approximate surface area is 143 Å². The smallest absolute Gasteiger partial charge is 0.276 e. The molecule has 0 fully saturated rings. The molecule has 7 heteroatoms. The first-order valence-corrected chi connectivity index (χ1v) is 7.43. The predicted molar refractivity (Wildman–Crippen MR) is 90.8 cm³/mol. The lowest BCUT2D eigenvalue weighted by Gasteiger charge is -2.17. The second-order valence-electron chi connectivity index (χ2n) is 5.21. The van der Waals surface area contributed by atoms with Crippen LogP contribution in [-0.2, 0) is 0 Å². The minimum Gasteiger partial charge on any atom is -0.322 e. The molecule has 0 spiro atoms. The molecule has 1 heterocycles. The van der Waals surface area contributed by atoms with Crippen LogP contribution < -0.4 is 10.2 Å². The molecule has 0 unspecified atom stereocenters. The Morgan fingerprint density at radius 1 is 1.08 bits per heavy atom. The number of hydrogen-bond donors (Lipinski definition) is 1.